The van der Waals surface area contributed by atoms with Gasteiger partial charge in [0.2, 0.25) is 0 Å². The second kappa shape index (κ2) is 16.3. The summed E-state index contributed by atoms with van der Waals surface area (Å²) in [6.07, 6.45) is 17.0. The molecule has 0 aliphatic heterocycles. The first-order valence-corrected chi connectivity index (χ1v) is 9.58. The Morgan fingerprint density at radius 3 is 1.71 bits per heavy atom. The summed E-state index contributed by atoms with van der Waals surface area (Å²) in [6.45, 7) is 6.83. The number of unbranched alkanes of at least 4 members (excludes halogenated alkanes) is 9. The Balaban J connectivity index is 3.36. The molecule has 0 aromatic rings. The summed E-state index contributed by atoms with van der Waals surface area (Å²) in [7, 11) is 4.34. The minimum absolute atomic E-state index is 0.728. The first-order valence-electron chi connectivity index (χ1n) is 9.58. The van der Waals surface area contributed by atoms with Gasteiger partial charge in [0.05, 0.1) is 0 Å². The number of nitrogens with zero attached hydrogens (tertiary/aromatic N) is 1. The van der Waals surface area contributed by atoms with E-state index in [4.69, 9.17) is 0 Å². The van der Waals surface area contributed by atoms with Gasteiger partial charge in [0.25, 0.3) is 0 Å². The van der Waals surface area contributed by atoms with E-state index in [1.54, 1.807) is 0 Å². The standard InChI is InChI=1S/C19H42N2/c1-5-7-8-9-10-11-12-13-14-15-16-19(20-6-2)17-18-21(3)4/h19-20H,5-18H2,1-4H3. The Morgan fingerprint density at radius 2 is 1.24 bits per heavy atom. The van der Waals surface area contributed by atoms with Crippen LogP contribution in [0, 0.1) is 0 Å². The van der Waals surface area contributed by atoms with Crippen molar-refractivity contribution in [2.75, 3.05) is 27.2 Å². The van der Waals surface area contributed by atoms with E-state index in [9.17, 15) is 0 Å². The Hall–Kier alpha value is -0.0800. The molecule has 2 heteroatoms. The van der Waals surface area contributed by atoms with Gasteiger partial charge in [0.15, 0.2) is 0 Å². The highest BCUT2D eigenvalue weighted by Crippen LogP contribution is 2.12. The van der Waals surface area contributed by atoms with E-state index < -0.39 is 0 Å². The molecule has 0 bridgehead atoms. The highest BCUT2D eigenvalue weighted by atomic mass is 15.1. The molecule has 0 heterocycles. The summed E-state index contributed by atoms with van der Waals surface area (Å²) >= 11 is 0. The molecule has 0 saturated carbocycles. The molecule has 1 atom stereocenters. The van der Waals surface area contributed by atoms with E-state index in [-0.39, 0.29) is 0 Å². The van der Waals surface area contributed by atoms with Crippen LogP contribution in [0.5, 0.6) is 0 Å². The van der Waals surface area contributed by atoms with E-state index in [0.29, 0.717) is 0 Å². The quantitative estimate of drug-likeness (QED) is 0.393. The van der Waals surface area contributed by atoms with Crippen LogP contribution < -0.4 is 5.32 Å². The monoisotopic (exact) mass is 298 g/mol. The van der Waals surface area contributed by atoms with E-state index in [2.05, 4.69) is 38.2 Å². The molecule has 1 N–H and O–H groups in total. The van der Waals surface area contributed by atoms with Gasteiger partial charge in [-0.15, -0.1) is 0 Å². The van der Waals surface area contributed by atoms with E-state index in [0.717, 1.165) is 12.6 Å². The Morgan fingerprint density at radius 1 is 0.714 bits per heavy atom. The third-order valence-electron chi connectivity index (χ3n) is 4.32. The fourth-order valence-corrected chi connectivity index (χ4v) is 2.93. The van der Waals surface area contributed by atoms with Crippen molar-refractivity contribution < 1.29 is 0 Å². The van der Waals surface area contributed by atoms with Crippen molar-refractivity contribution in [2.45, 2.75) is 96.9 Å². The highest BCUT2D eigenvalue weighted by Gasteiger charge is 2.07. The van der Waals surface area contributed by atoms with Crippen LogP contribution in [-0.2, 0) is 0 Å². The predicted octanol–water partition coefficient (Wildman–Crippen LogP) is 5.23. The van der Waals surface area contributed by atoms with Crippen LogP contribution in [0.15, 0.2) is 0 Å². The zero-order valence-corrected chi connectivity index (χ0v) is 15.4. The van der Waals surface area contributed by atoms with Crippen LogP contribution in [0.2, 0.25) is 0 Å². The van der Waals surface area contributed by atoms with Gasteiger partial charge in [-0.2, -0.15) is 0 Å². The van der Waals surface area contributed by atoms with Crippen molar-refractivity contribution in [1.82, 2.24) is 10.2 Å². The second-order valence-corrected chi connectivity index (χ2v) is 6.82. The fraction of sp³-hybridized carbons (Fsp3) is 1.00. The maximum atomic E-state index is 3.64. The molecule has 0 aromatic carbocycles. The SMILES string of the molecule is CCCCCCCCCCCCC(CCN(C)C)NCC. The summed E-state index contributed by atoms with van der Waals surface area (Å²) in [6, 6.07) is 0.728. The van der Waals surface area contributed by atoms with Gasteiger partial charge in [0.1, 0.15) is 0 Å². The predicted molar refractivity (Wildman–Crippen MR) is 97.1 cm³/mol. The van der Waals surface area contributed by atoms with Crippen molar-refractivity contribution in [2.24, 2.45) is 0 Å². The summed E-state index contributed by atoms with van der Waals surface area (Å²) in [5.41, 5.74) is 0. The van der Waals surface area contributed by atoms with Gasteiger partial charge in [-0.3, -0.25) is 0 Å². The third kappa shape index (κ3) is 16.1. The van der Waals surface area contributed by atoms with Crippen molar-refractivity contribution >= 4 is 0 Å². The molecule has 2 nitrogen and oxygen atoms in total. The second-order valence-electron chi connectivity index (χ2n) is 6.82. The average molecular weight is 299 g/mol. The van der Waals surface area contributed by atoms with Crippen LogP contribution >= 0.6 is 0 Å². The van der Waals surface area contributed by atoms with Gasteiger partial charge >= 0.3 is 0 Å². The maximum absolute atomic E-state index is 3.64. The molecule has 0 aliphatic carbocycles. The molecule has 0 spiro atoms. The lowest BCUT2D eigenvalue weighted by molar-refractivity contribution is 0.346. The van der Waals surface area contributed by atoms with E-state index >= 15 is 0 Å². The van der Waals surface area contributed by atoms with E-state index in [1.165, 1.54) is 83.6 Å². The average Bonchev–Trinajstić information content (AvgIpc) is 2.46. The number of rotatable bonds is 16. The van der Waals surface area contributed by atoms with Crippen molar-refractivity contribution in [3.63, 3.8) is 0 Å². The fourth-order valence-electron chi connectivity index (χ4n) is 2.93. The lowest BCUT2D eigenvalue weighted by atomic mass is 10.0. The van der Waals surface area contributed by atoms with Crippen molar-refractivity contribution in [3.05, 3.63) is 0 Å². The zero-order chi connectivity index (χ0) is 15.8. The largest absolute Gasteiger partial charge is 0.314 e. The molecule has 0 fully saturated rings. The lowest BCUT2D eigenvalue weighted by Crippen LogP contribution is -2.32. The molecule has 0 amide bonds. The molecular weight excluding hydrogens is 256 g/mol. The molecule has 0 aliphatic rings. The van der Waals surface area contributed by atoms with Gasteiger partial charge in [-0.25, -0.2) is 0 Å². The Labute approximate surface area is 135 Å². The maximum Gasteiger partial charge on any atom is 0.00791 e. The highest BCUT2D eigenvalue weighted by molar-refractivity contribution is 4.67. The Bertz CT molecular complexity index is 192. The Kier molecular flexibility index (Phi) is 16.2. The van der Waals surface area contributed by atoms with Crippen LogP contribution in [0.3, 0.4) is 0 Å². The van der Waals surface area contributed by atoms with Crippen LogP contribution in [0.4, 0.5) is 0 Å². The van der Waals surface area contributed by atoms with Crippen LogP contribution in [0.1, 0.15) is 90.9 Å². The molecule has 128 valence electrons. The first kappa shape index (κ1) is 20.9. The first-order chi connectivity index (χ1) is 10.2. The normalized spacial score (nSPS) is 13.0. The molecule has 21 heavy (non-hydrogen) atoms. The topological polar surface area (TPSA) is 15.3 Å². The third-order valence-corrected chi connectivity index (χ3v) is 4.32. The smallest absolute Gasteiger partial charge is 0.00791 e. The van der Waals surface area contributed by atoms with Gasteiger partial charge in [0, 0.05) is 6.04 Å². The molecular formula is C19H42N2. The number of nitrogens with one attached hydrogen (secondary N) is 1. The van der Waals surface area contributed by atoms with Crippen molar-refractivity contribution in [1.29, 1.82) is 0 Å². The molecule has 0 saturated heterocycles. The summed E-state index contributed by atoms with van der Waals surface area (Å²) < 4.78 is 0. The minimum atomic E-state index is 0.728. The number of hydrogen-bond donors (Lipinski definition) is 1. The molecule has 0 rings (SSSR count). The summed E-state index contributed by atoms with van der Waals surface area (Å²) in [5, 5.41) is 3.64. The van der Waals surface area contributed by atoms with Crippen LogP contribution in [0.25, 0.3) is 0 Å². The van der Waals surface area contributed by atoms with Gasteiger partial charge in [-0.05, 0) is 40.0 Å². The molecule has 0 radical (unpaired) electrons. The summed E-state index contributed by atoms with van der Waals surface area (Å²) in [5.74, 6) is 0. The van der Waals surface area contributed by atoms with E-state index in [1.807, 2.05) is 0 Å². The molecule has 0 aromatic heterocycles. The van der Waals surface area contributed by atoms with Gasteiger partial charge < -0.3 is 10.2 Å². The minimum Gasteiger partial charge on any atom is -0.314 e. The summed E-state index contributed by atoms with van der Waals surface area (Å²) in [4.78, 5) is 2.29. The molecule has 1 unspecified atom stereocenters. The van der Waals surface area contributed by atoms with Gasteiger partial charge in [-0.1, -0.05) is 78.1 Å². The zero-order valence-electron chi connectivity index (χ0n) is 15.4. The van der Waals surface area contributed by atoms with Crippen LogP contribution in [-0.4, -0.2) is 38.1 Å². The van der Waals surface area contributed by atoms with Crippen molar-refractivity contribution in [3.8, 4) is 0 Å². The lowest BCUT2D eigenvalue weighted by Gasteiger charge is -2.20. The number of hydrogen-bond acceptors (Lipinski definition) is 2.